The fraction of sp³-hybridized carbons (Fsp3) is 0.133. The van der Waals surface area contributed by atoms with Crippen molar-refractivity contribution in [1.82, 2.24) is 0 Å². The third kappa shape index (κ3) is 4.45. The highest BCUT2D eigenvalue weighted by atomic mass is 19.4. The minimum absolute atomic E-state index is 0.0156. The van der Waals surface area contributed by atoms with Crippen LogP contribution in [-0.4, -0.2) is 11.0 Å². The molecule has 0 spiro atoms. The maximum absolute atomic E-state index is 12.7. The summed E-state index contributed by atoms with van der Waals surface area (Å²) in [5, 5.41) is 12.7. The van der Waals surface area contributed by atoms with Gasteiger partial charge < -0.3 is 4.74 Å². The molecule has 0 aliphatic carbocycles. The van der Waals surface area contributed by atoms with E-state index >= 15 is 0 Å². The number of hydrogen-bond acceptors (Lipinski definition) is 4. The molecular weight excluding hydrogens is 329 g/mol. The second-order valence-corrected chi connectivity index (χ2v) is 4.85. The Bertz CT molecular complexity index is 773. The first-order chi connectivity index (χ1) is 11.1. The van der Waals surface area contributed by atoms with Gasteiger partial charge in [0.2, 0.25) is 0 Å². The van der Waals surface area contributed by atoms with Gasteiger partial charge in [-0.3, -0.25) is 15.4 Å². The van der Waals surface area contributed by atoms with Crippen LogP contribution in [0.25, 0.3) is 0 Å². The smallest absolute Gasteiger partial charge is 0.410 e. The molecule has 0 heterocycles. The van der Waals surface area contributed by atoms with Crippen molar-refractivity contribution in [2.45, 2.75) is 13.1 Å². The number of nitrogens with zero attached hydrogens (tertiary/aromatic N) is 1. The molecule has 2 rings (SSSR count). The van der Waals surface area contributed by atoms with Gasteiger partial charge in [-0.15, -0.1) is 0 Å². The van der Waals surface area contributed by atoms with Gasteiger partial charge in [-0.2, -0.15) is 13.2 Å². The first-order valence-electron chi connectivity index (χ1n) is 6.57. The zero-order chi connectivity index (χ0) is 17.9. The van der Waals surface area contributed by atoms with E-state index in [0.29, 0.717) is 5.56 Å². The van der Waals surface area contributed by atoms with Crippen LogP contribution < -0.4 is 10.1 Å². The molecule has 0 bridgehead atoms. The average Bonchev–Trinajstić information content (AvgIpc) is 2.46. The number of benzene rings is 2. The van der Waals surface area contributed by atoms with Gasteiger partial charge in [0, 0.05) is 17.8 Å². The second-order valence-electron chi connectivity index (χ2n) is 4.85. The number of rotatable bonds is 3. The highest BCUT2D eigenvalue weighted by molar-refractivity contribution is 5.86. The molecule has 0 unspecified atom stereocenters. The van der Waals surface area contributed by atoms with E-state index in [1.807, 2.05) is 0 Å². The molecule has 0 saturated heterocycles. The predicted octanol–water partition coefficient (Wildman–Crippen LogP) is 4.53. The van der Waals surface area contributed by atoms with Gasteiger partial charge in [0.05, 0.1) is 10.5 Å². The van der Waals surface area contributed by atoms with Crippen LogP contribution in [0.3, 0.4) is 0 Å². The summed E-state index contributed by atoms with van der Waals surface area (Å²) in [4.78, 5) is 21.6. The van der Waals surface area contributed by atoms with Crippen LogP contribution in [0.4, 0.5) is 29.3 Å². The summed E-state index contributed by atoms with van der Waals surface area (Å²) in [7, 11) is 0. The third-order valence-electron chi connectivity index (χ3n) is 2.91. The van der Waals surface area contributed by atoms with Gasteiger partial charge in [0.15, 0.2) is 0 Å². The lowest BCUT2D eigenvalue weighted by atomic mass is 10.1. The largest absolute Gasteiger partial charge is 0.417 e. The van der Waals surface area contributed by atoms with Gasteiger partial charge >= 0.3 is 12.3 Å². The first-order valence-corrected chi connectivity index (χ1v) is 6.57. The Morgan fingerprint density at radius 1 is 1.17 bits per heavy atom. The lowest BCUT2D eigenvalue weighted by Gasteiger charge is -2.11. The monoisotopic (exact) mass is 340 g/mol. The Hall–Kier alpha value is -3.10. The summed E-state index contributed by atoms with van der Waals surface area (Å²) in [5.74, 6) is 0.0156. The Morgan fingerprint density at radius 3 is 2.33 bits per heavy atom. The number of carbonyl (C=O) groups is 1. The SMILES string of the molecule is Cc1cc(NC(=O)Oc2ccc([N+](=O)[O-])cc2)cc(C(F)(F)F)c1. The van der Waals surface area contributed by atoms with Gasteiger partial charge in [-0.1, -0.05) is 0 Å². The number of nitrogens with one attached hydrogen (secondary N) is 1. The Morgan fingerprint density at radius 2 is 1.79 bits per heavy atom. The normalized spacial score (nSPS) is 11.0. The summed E-state index contributed by atoms with van der Waals surface area (Å²) in [6.07, 6.45) is -5.55. The van der Waals surface area contributed by atoms with E-state index in [0.717, 1.165) is 24.3 Å². The molecule has 1 N–H and O–H groups in total. The van der Waals surface area contributed by atoms with Gasteiger partial charge in [-0.05, 0) is 42.8 Å². The van der Waals surface area contributed by atoms with Crippen molar-refractivity contribution in [3.8, 4) is 5.75 Å². The highest BCUT2D eigenvalue weighted by Gasteiger charge is 2.31. The summed E-state index contributed by atoms with van der Waals surface area (Å²) in [6.45, 7) is 1.46. The van der Waals surface area contributed by atoms with Crippen LogP contribution in [0.15, 0.2) is 42.5 Å². The van der Waals surface area contributed by atoms with Gasteiger partial charge in [0.25, 0.3) is 5.69 Å². The molecule has 2 aromatic rings. The number of nitro benzene ring substituents is 1. The van der Waals surface area contributed by atoms with Gasteiger partial charge in [0.1, 0.15) is 5.75 Å². The van der Waals surface area contributed by atoms with E-state index in [2.05, 4.69) is 5.32 Å². The lowest BCUT2D eigenvalue weighted by Crippen LogP contribution is -2.17. The average molecular weight is 340 g/mol. The van der Waals surface area contributed by atoms with Crippen LogP contribution in [0.1, 0.15) is 11.1 Å². The number of anilines is 1. The Balaban J connectivity index is 2.09. The highest BCUT2D eigenvalue weighted by Crippen LogP contribution is 2.32. The van der Waals surface area contributed by atoms with E-state index in [9.17, 15) is 28.1 Å². The fourth-order valence-electron chi connectivity index (χ4n) is 1.91. The molecule has 24 heavy (non-hydrogen) atoms. The number of amides is 1. The molecule has 0 aliphatic heterocycles. The minimum atomic E-state index is -4.54. The first kappa shape index (κ1) is 17.3. The molecule has 0 radical (unpaired) electrons. The van der Waals surface area contributed by atoms with Crippen LogP contribution in [-0.2, 0) is 6.18 Å². The van der Waals surface area contributed by atoms with E-state index in [4.69, 9.17) is 4.74 Å². The summed E-state index contributed by atoms with van der Waals surface area (Å²) >= 11 is 0. The van der Waals surface area contributed by atoms with Crippen molar-refractivity contribution in [2.24, 2.45) is 0 Å². The predicted molar refractivity (Wildman–Crippen MR) is 78.9 cm³/mol. The fourth-order valence-corrected chi connectivity index (χ4v) is 1.91. The quantitative estimate of drug-likeness (QED) is 0.657. The summed E-state index contributed by atoms with van der Waals surface area (Å²) in [5.41, 5.74) is -0.839. The van der Waals surface area contributed by atoms with Crippen molar-refractivity contribution in [2.75, 3.05) is 5.32 Å². The molecule has 0 aliphatic rings. The van der Waals surface area contributed by atoms with Crippen LogP contribution >= 0.6 is 0 Å². The standard InChI is InChI=1S/C15H11F3N2O4/c1-9-6-10(15(16,17)18)8-11(7-9)19-14(21)24-13-4-2-12(3-5-13)20(22)23/h2-8H,1H3,(H,19,21). The molecular formula is C15H11F3N2O4. The van der Waals surface area contributed by atoms with Crippen molar-refractivity contribution in [3.63, 3.8) is 0 Å². The zero-order valence-corrected chi connectivity index (χ0v) is 12.3. The van der Waals surface area contributed by atoms with Gasteiger partial charge in [-0.25, -0.2) is 4.79 Å². The zero-order valence-electron chi connectivity index (χ0n) is 12.3. The number of alkyl halides is 3. The number of nitro groups is 1. The second kappa shape index (κ2) is 6.57. The van der Waals surface area contributed by atoms with Crippen LogP contribution in [0, 0.1) is 17.0 Å². The Kier molecular flexibility index (Phi) is 4.72. The number of carbonyl (C=O) groups excluding carboxylic acids is 1. The number of ether oxygens (including phenoxy) is 1. The molecule has 9 heteroatoms. The molecule has 6 nitrogen and oxygen atoms in total. The van der Waals surface area contributed by atoms with Crippen molar-refractivity contribution < 1.29 is 27.6 Å². The summed E-state index contributed by atoms with van der Waals surface area (Å²) < 4.78 is 43.1. The molecule has 0 atom stereocenters. The van der Waals surface area contributed by atoms with Crippen molar-refractivity contribution in [1.29, 1.82) is 0 Å². The molecule has 0 fully saturated rings. The molecule has 126 valence electrons. The van der Waals surface area contributed by atoms with E-state index in [-0.39, 0.29) is 17.1 Å². The number of non-ortho nitro benzene ring substituents is 1. The topological polar surface area (TPSA) is 81.5 Å². The molecule has 2 aromatic carbocycles. The number of halogens is 3. The minimum Gasteiger partial charge on any atom is -0.410 e. The maximum atomic E-state index is 12.7. The van der Waals surface area contributed by atoms with Crippen LogP contribution in [0.5, 0.6) is 5.75 Å². The van der Waals surface area contributed by atoms with Crippen molar-refractivity contribution in [3.05, 3.63) is 63.7 Å². The van der Waals surface area contributed by atoms with Crippen molar-refractivity contribution >= 4 is 17.5 Å². The maximum Gasteiger partial charge on any atom is 0.417 e. The van der Waals surface area contributed by atoms with E-state index in [1.54, 1.807) is 0 Å². The molecule has 0 saturated carbocycles. The molecule has 1 amide bonds. The summed E-state index contributed by atoms with van der Waals surface area (Å²) in [6, 6.07) is 7.77. The van der Waals surface area contributed by atoms with Crippen LogP contribution in [0.2, 0.25) is 0 Å². The third-order valence-corrected chi connectivity index (χ3v) is 2.91. The number of hydrogen-bond donors (Lipinski definition) is 1. The Labute approximate surface area is 134 Å². The lowest BCUT2D eigenvalue weighted by molar-refractivity contribution is -0.384. The number of aryl methyl sites for hydroxylation is 1. The van der Waals surface area contributed by atoms with E-state index < -0.39 is 22.8 Å². The van der Waals surface area contributed by atoms with E-state index in [1.165, 1.54) is 25.1 Å². The molecule has 0 aromatic heterocycles.